The molecule has 0 aliphatic carbocycles. The highest BCUT2D eigenvalue weighted by Gasteiger charge is 2.10. The zero-order valence-corrected chi connectivity index (χ0v) is 10.1. The molecule has 1 amide bonds. The van der Waals surface area contributed by atoms with E-state index in [9.17, 15) is 18.7 Å². The maximum absolute atomic E-state index is 13.0. The summed E-state index contributed by atoms with van der Waals surface area (Å²) in [7, 11) is 0. The second kappa shape index (κ2) is 5.06. The van der Waals surface area contributed by atoms with Crippen LogP contribution in [-0.2, 0) is 0 Å². The third-order valence-electron chi connectivity index (χ3n) is 2.65. The second-order valence-corrected chi connectivity index (χ2v) is 4.08. The number of carbonyl (C=O) groups excluding carboxylic acids is 1. The van der Waals surface area contributed by atoms with Crippen molar-refractivity contribution < 1.29 is 18.7 Å². The lowest BCUT2D eigenvalue weighted by Crippen LogP contribution is -2.12. The molecule has 0 radical (unpaired) electrons. The molecule has 0 bridgehead atoms. The van der Waals surface area contributed by atoms with Crippen LogP contribution in [0.15, 0.2) is 36.4 Å². The third kappa shape index (κ3) is 2.88. The molecule has 2 aromatic rings. The monoisotopic (exact) mass is 263 g/mol. The predicted octanol–water partition coefficient (Wildman–Crippen LogP) is 3.23. The Bertz CT molecular complexity index is 641. The van der Waals surface area contributed by atoms with Crippen LogP contribution in [-0.4, -0.2) is 11.0 Å². The average Bonchev–Trinajstić information content (AvgIpc) is 2.37. The molecule has 0 saturated carbocycles. The zero-order valence-electron chi connectivity index (χ0n) is 10.1. The number of amides is 1. The summed E-state index contributed by atoms with van der Waals surface area (Å²) in [6, 6.07) is 7.51. The van der Waals surface area contributed by atoms with Gasteiger partial charge in [-0.2, -0.15) is 0 Å². The molecule has 0 fully saturated rings. The maximum atomic E-state index is 13.0. The van der Waals surface area contributed by atoms with Crippen molar-refractivity contribution in [2.75, 3.05) is 5.32 Å². The first kappa shape index (κ1) is 13.0. The van der Waals surface area contributed by atoms with E-state index < -0.39 is 17.5 Å². The summed E-state index contributed by atoms with van der Waals surface area (Å²) in [4.78, 5) is 11.8. The Hall–Kier alpha value is -2.43. The SMILES string of the molecule is Cc1ccc(NC(=O)c2ccc(F)c(F)c2)cc1O. The van der Waals surface area contributed by atoms with Gasteiger partial charge in [0.1, 0.15) is 5.75 Å². The number of carbonyl (C=O) groups is 1. The van der Waals surface area contributed by atoms with Crippen molar-refractivity contribution in [3.8, 4) is 5.75 Å². The molecule has 0 aromatic heterocycles. The molecular weight excluding hydrogens is 252 g/mol. The molecule has 0 atom stereocenters. The lowest BCUT2D eigenvalue weighted by atomic mass is 10.1. The number of benzene rings is 2. The lowest BCUT2D eigenvalue weighted by molar-refractivity contribution is 0.102. The minimum atomic E-state index is -1.08. The summed E-state index contributed by atoms with van der Waals surface area (Å²) in [6.07, 6.45) is 0. The standard InChI is InChI=1S/C14H11F2NO2/c1-8-2-4-10(7-13(8)18)17-14(19)9-3-5-11(15)12(16)6-9/h2-7,18H,1H3,(H,17,19). The number of aryl methyl sites for hydroxylation is 1. The number of hydrogen-bond donors (Lipinski definition) is 2. The van der Waals surface area contributed by atoms with Crippen LogP contribution in [0.2, 0.25) is 0 Å². The van der Waals surface area contributed by atoms with Crippen LogP contribution in [0.3, 0.4) is 0 Å². The van der Waals surface area contributed by atoms with Crippen molar-refractivity contribution >= 4 is 11.6 Å². The molecule has 0 unspecified atom stereocenters. The van der Waals surface area contributed by atoms with Gasteiger partial charge >= 0.3 is 0 Å². The lowest BCUT2D eigenvalue weighted by Gasteiger charge is -2.07. The van der Waals surface area contributed by atoms with Gasteiger partial charge in [0.05, 0.1) is 0 Å². The third-order valence-corrected chi connectivity index (χ3v) is 2.65. The Morgan fingerprint density at radius 3 is 2.47 bits per heavy atom. The number of aromatic hydroxyl groups is 1. The van der Waals surface area contributed by atoms with Crippen molar-refractivity contribution in [1.82, 2.24) is 0 Å². The quantitative estimate of drug-likeness (QED) is 0.873. The first-order valence-corrected chi connectivity index (χ1v) is 5.53. The largest absolute Gasteiger partial charge is 0.508 e. The highest BCUT2D eigenvalue weighted by molar-refractivity contribution is 6.04. The number of halogens is 2. The molecule has 2 N–H and O–H groups in total. The Morgan fingerprint density at radius 1 is 1.11 bits per heavy atom. The van der Waals surface area contributed by atoms with E-state index in [-0.39, 0.29) is 11.3 Å². The van der Waals surface area contributed by atoms with Crippen molar-refractivity contribution in [1.29, 1.82) is 0 Å². The van der Waals surface area contributed by atoms with Crippen LogP contribution in [0.1, 0.15) is 15.9 Å². The van der Waals surface area contributed by atoms with Crippen LogP contribution in [0, 0.1) is 18.6 Å². The van der Waals surface area contributed by atoms with Crippen LogP contribution in [0.5, 0.6) is 5.75 Å². The van der Waals surface area contributed by atoms with Crippen molar-refractivity contribution in [2.24, 2.45) is 0 Å². The maximum Gasteiger partial charge on any atom is 0.255 e. The summed E-state index contributed by atoms with van der Waals surface area (Å²) in [5, 5.41) is 12.0. The fraction of sp³-hybridized carbons (Fsp3) is 0.0714. The molecule has 3 nitrogen and oxygen atoms in total. The predicted molar refractivity (Wildman–Crippen MR) is 67.2 cm³/mol. The van der Waals surface area contributed by atoms with Gasteiger partial charge in [0.25, 0.3) is 5.91 Å². The average molecular weight is 263 g/mol. The number of nitrogens with one attached hydrogen (secondary N) is 1. The van der Waals surface area contributed by atoms with Gasteiger partial charge in [0, 0.05) is 17.3 Å². The Morgan fingerprint density at radius 2 is 1.84 bits per heavy atom. The minimum absolute atomic E-state index is 0.000959. The van der Waals surface area contributed by atoms with Gasteiger partial charge in [-0.25, -0.2) is 8.78 Å². The highest BCUT2D eigenvalue weighted by Crippen LogP contribution is 2.21. The molecule has 19 heavy (non-hydrogen) atoms. The van der Waals surface area contributed by atoms with Crippen molar-refractivity contribution in [2.45, 2.75) is 6.92 Å². The van der Waals surface area contributed by atoms with E-state index >= 15 is 0 Å². The summed E-state index contributed by atoms with van der Waals surface area (Å²) < 4.78 is 25.7. The molecule has 5 heteroatoms. The number of phenolic OH excluding ortho intramolecular Hbond substituents is 1. The summed E-state index contributed by atoms with van der Waals surface area (Å²) in [5.41, 5.74) is 1.04. The number of hydrogen-bond acceptors (Lipinski definition) is 2. The van der Waals surface area contributed by atoms with E-state index in [1.54, 1.807) is 19.1 Å². The van der Waals surface area contributed by atoms with Crippen LogP contribution in [0.4, 0.5) is 14.5 Å². The van der Waals surface area contributed by atoms with E-state index in [4.69, 9.17) is 0 Å². The first-order chi connectivity index (χ1) is 8.97. The molecule has 0 heterocycles. The first-order valence-electron chi connectivity index (χ1n) is 5.53. The minimum Gasteiger partial charge on any atom is -0.508 e. The van der Waals surface area contributed by atoms with Gasteiger partial charge in [-0.1, -0.05) is 6.07 Å². The van der Waals surface area contributed by atoms with Gasteiger partial charge in [0.15, 0.2) is 11.6 Å². The number of anilines is 1. The fourth-order valence-corrected chi connectivity index (χ4v) is 1.53. The van der Waals surface area contributed by atoms with E-state index in [0.29, 0.717) is 11.3 Å². The summed E-state index contributed by atoms with van der Waals surface area (Å²) >= 11 is 0. The normalized spacial score (nSPS) is 10.3. The van der Waals surface area contributed by atoms with Gasteiger partial charge in [0.2, 0.25) is 0 Å². The molecule has 0 aliphatic heterocycles. The fourth-order valence-electron chi connectivity index (χ4n) is 1.53. The molecule has 0 aliphatic rings. The zero-order chi connectivity index (χ0) is 14.0. The van der Waals surface area contributed by atoms with Gasteiger partial charge in [-0.05, 0) is 36.8 Å². The molecule has 0 saturated heterocycles. The van der Waals surface area contributed by atoms with Crippen LogP contribution < -0.4 is 5.32 Å². The topological polar surface area (TPSA) is 49.3 Å². The summed E-state index contributed by atoms with van der Waals surface area (Å²) in [5.74, 6) is -2.63. The number of rotatable bonds is 2. The Kier molecular flexibility index (Phi) is 3.46. The Balaban J connectivity index is 2.20. The molecule has 98 valence electrons. The molecule has 2 rings (SSSR count). The molecular formula is C14H11F2NO2. The number of phenols is 1. The Labute approximate surface area is 108 Å². The van der Waals surface area contributed by atoms with Crippen molar-refractivity contribution in [3.05, 3.63) is 59.2 Å². The highest BCUT2D eigenvalue weighted by atomic mass is 19.2. The van der Waals surface area contributed by atoms with Gasteiger partial charge < -0.3 is 10.4 Å². The second-order valence-electron chi connectivity index (χ2n) is 4.08. The summed E-state index contributed by atoms with van der Waals surface area (Å²) in [6.45, 7) is 1.72. The molecule has 2 aromatic carbocycles. The van der Waals surface area contributed by atoms with Gasteiger partial charge in [-0.3, -0.25) is 4.79 Å². The van der Waals surface area contributed by atoms with Crippen molar-refractivity contribution in [3.63, 3.8) is 0 Å². The van der Waals surface area contributed by atoms with E-state index in [0.717, 1.165) is 12.1 Å². The van der Waals surface area contributed by atoms with Crippen LogP contribution >= 0.6 is 0 Å². The smallest absolute Gasteiger partial charge is 0.255 e. The van der Waals surface area contributed by atoms with E-state index in [1.807, 2.05) is 0 Å². The molecule has 0 spiro atoms. The van der Waals surface area contributed by atoms with E-state index in [1.165, 1.54) is 12.1 Å². The van der Waals surface area contributed by atoms with Gasteiger partial charge in [-0.15, -0.1) is 0 Å². The van der Waals surface area contributed by atoms with Crippen LogP contribution in [0.25, 0.3) is 0 Å². The van der Waals surface area contributed by atoms with E-state index in [2.05, 4.69) is 5.32 Å².